The van der Waals surface area contributed by atoms with Crippen LogP contribution in [0.5, 0.6) is 11.5 Å². The highest BCUT2D eigenvalue weighted by Crippen LogP contribution is 2.37. The maximum absolute atomic E-state index is 12.7. The van der Waals surface area contributed by atoms with Crippen molar-refractivity contribution in [1.29, 1.82) is 0 Å². The Labute approximate surface area is 169 Å². The Morgan fingerprint density at radius 3 is 2.85 bits per heavy atom. The predicted octanol–water partition coefficient (Wildman–Crippen LogP) is 5.40. The van der Waals surface area contributed by atoms with Gasteiger partial charge in [-0.15, -0.1) is 11.3 Å². The molecule has 0 atom stereocenters. The van der Waals surface area contributed by atoms with E-state index in [1.54, 1.807) is 36.7 Å². The van der Waals surface area contributed by atoms with E-state index >= 15 is 0 Å². The molecule has 0 radical (unpaired) electrons. The summed E-state index contributed by atoms with van der Waals surface area (Å²) in [7, 11) is 1.58. The van der Waals surface area contributed by atoms with Crippen LogP contribution in [0, 0.1) is 0 Å². The number of ether oxygens (including phenoxy) is 2. The zero-order valence-electron chi connectivity index (χ0n) is 15.6. The molecule has 1 amide bonds. The van der Waals surface area contributed by atoms with Crippen LogP contribution in [0.4, 0.5) is 0 Å². The normalized spacial score (nSPS) is 13.7. The van der Waals surface area contributed by atoms with Crippen LogP contribution < -0.4 is 9.47 Å². The summed E-state index contributed by atoms with van der Waals surface area (Å²) < 4.78 is 11.1. The van der Waals surface area contributed by atoms with Crippen LogP contribution in [0.3, 0.4) is 0 Å². The SMILES string of the molecule is CCCOc1c(Cl)cc(/C=C/C(=O)N(Cc2cccs2)C2CC2)cc1OC. The van der Waals surface area contributed by atoms with Gasteiger partial charge in [0.25, 0.3) is 0 Å². The quantitative estimate of drug-likeness (QED) is 0.524. The molecule has 1 saturated carbocycles. The minimum absolute atomic E-state index is 0.0206. The number of hydrogen-bond donors (Lipinski definition) is 0. The highest BCUT2D eigenvalue weighted by Gasteiger charge is 2.31. The molecule has 1 aliphatic rings. The lowest BCUT2D eigenvalue weighted by atomic mass is 10.1. The summed E-state index contributed by atoms with van der Waals surface area (Å²) >= 11 is 8.03. The molecule has 0 spiro atoms. The lowest BCUT2D eigenvalue weighted by Crippen LogP contribution is -2.30. The average Bonchev–Trinajstić information content (AvgIpc) is 3.38. The van der Waals surface area contributed by atoms with Gasteiger partial charge in [-0.1, -0.05) is 24.6 Å². The van der Waals surface area contributed by atoms with E-state index in [-0.39, 0.29) is 5.91 Å². The van der Waals surface area contributed by atoms with Gasteiger partial charge in [-0.3, -0.25) is 4.79 Å². The van der Waals surface area contributed by atoms with Crippen LogP contribution in [0.1, 0.15) is 36.6 Å². The van der Waals surface area contributed by atoms with Crippen molar-refractivity contribution in [2.75, 3.05) is 13.7 Å². The van der Waals surface area contributed by atoms with Crippen molar-refractivity contribution in [3.05, 3.63) is 51.2 Å². The Morgan fingerprint density at radius 1 is 1.41 bits per heavy atom. The molecule has 144 valence electrons. The largest absolute Gasteiger partial charge is 0.493 e. The Bertz CT molecular complexity index is 800. The second kappa shape index (κ2) is 9.29. The Hall–Kier alpha value is -1.98. The first-order valence-corrected chi connectivity index (χ1v) is 10.4. The van der Waals surface area contributed by atoms with E-state index in [0.717, 1.165) is 24.8 Å². The summed E-state index contributed by atoms with van der Waals surface area (Å²) in [5.74, 6) is 1.13. The Kier molecular flexibility index (Phi) is 6.80. The minimum Gasteiger partial charge on any atom is -0.493 e. The molecule has 0 N–H and O–H groups in total. The van der Waals surface area contributed by atoms with Crippen LogP contribution in [-0.4, -0.2) is 30.6 Å². The van der Waals surface area contributed by atoms with Crippen LogP contribution >= 0.6 is 22.9 Å². The van der Waals surface area contributed by atoms with Crippen molar-refractivity contribution in [1.82, 2.24) is 4.90 Å². The third-order valence-electron chi connectivity index (χ3n) is 4.30. The first kappa shape index (κ1) is 19.8. The fraction of sp³-hybridized carbons (Fsp3) is 0.381. The molecule has 1 heterocycles. The summed E-state index contributed by atoms with van der Waals surface area (Å²) in [5.41, 5.74) is 0.806. The fourth-order valence-corrected chi connectivity index (χ4v) is 3.76. The van der Waals surface area contributed by atoms with Crippen LogP contribution in [0.25, 0.3) is 6.08 Å². The molecular formula is C21H24ClNO3S. The number of carbonyl (C=O) groups is 1. The maximum Gasteiger partial charge on any atom is 0.247 e. The van der Waals surface area contributed by atoms with Crippen molar-refractivity contribution in [2.45, 2.75) is 38.8 Å². The predicted molar refractivity (Wildman–Crippen MR) is 111 cm³/mol. The molecule has 4 nitrogen and oxygen atoms in total. The number of amides is 1. The van der Waals surface area contributed by atoms with Gasteiger partial charge in [-0.25, -0.2) is 0 Å². The molecule has 2 aromatic rings. The van der Waals surface area contributed by atoms with Gasteiger partial charge in [-0.05, 0) is 54.5 Å². The minimum atomic E-state index is 0.0206. The summed E-state index contributed by atoms with van der Waals surface area (Å²) in [5, 5.41) is 2.52. The Balaban J connectivity index is 1.73. The molecule has 0 unspecified atom stereocenters. The molecule has 1 aromatic carbocycles. The molecule has 1 aromatic heterocycles. The van der Waals surface area contributed by atoms with E-state index in [9.17, 15) is 4.79 Å². The molecule has 0 bridgehead atoms. The van der Waals surface area contributed by atoms with Gasteiger partial charge >= 0.3 is 0 Å². The lowest BCUT2D eigenvalue weighted by molar-refractivity contribution is -0.127. The fourth-order valence-electron chi connectivity index (χ4n) is 2.79. The second-order valence-electron chi connectivity index (χ2n) is 6.49. The van der Waals surface area contributed by atoms with Gasteiger partial charge in [0.05, 0.1) is 25.3 Å². The maximum atomic E-state index is 12.7. The number of rotatable bonds is 9. The van der Waals surface area contributed by atoms with E-state index in [1.807, 2.05) is 29.3 Å². The van der Waals surface area contributed by atoms with Gasteiger partial charge in [0, 0.05) is 17.0 Å². The molecule has 3 rings (SSSR count). The van der Waals surface area contributed by atoms with Crippen LogP contribution in [0.15, 0.2) is 35.7 Å². The Morgan fingerprint density at radius 2 is 2.22 bits per heavy atom. The van der Waals surface area contributed by atoms with E-state index in [2.05, 4.69) is 6.07 Å². The number of methoxy groups -OCH3 is 1. The van der Waals surface area contributed by atoms with E-state index in [4.69, 9.17) is 21.1 Å². The lowest BCUT2D eigenvalue weighted by Gasteiger charge is -2.20. The van der Waals surface area contributed by atoms with Crippen LogP contribution in [0.2, 0.25) is 5.02 Å². The molecule has 6 heteroatoms. The molecule has 0 saturated heterocycles. The van der Waals surface area contributed by atoms with Crippen molar-refractivity contribution in [3.8, 4) is 11.5 Å². The van der Waals surface area contributed by atoms with E-state index < -0.39 is 0 Å². The number of halogens is 1. The third kappa shape index (κ3) is 5.27. The monoisotopic (exact) mass is 405 g/mol. The van der Waals surface area contributed by atoms with Crippen molar-refractivity contribution in [2.24, 2.45) is 0 Å². The first-order valence-electron chi connectivity index (χ1n) is 9.13. The molecule has 27 heavy (non-hydrogen) atoms. The number of hydrogen-bond acceptors (Lipinski definition) is 4. The van der Waals surface area contributed by atoms with Crippen molar-refractivity contribution < 1.29 is 14.3 Å². The second-order valence-corrected chi connectivity index (χ2v) is 7.93. The molecule has 0 aliphatic heterocycles. The number of nitrogens with zero attached hydrogens (tertiary/aromatic N) is 1. The third-order valence-corrected chi connectivity index (χ3v) is 5.44. The molecule has 1 aliphatic carbocycles. The van der Waals surface area contributed by atoms with Crippen LogP contribution in [-0.2, 0) is 11.3 Å². The summed E-state index contributed by atoms with van der Waals surface area (Å²) in [6, 6.07) is 8.06. The molecule has 1 fully saturated rings. The van der Waals surface area contributed by atoms with E-state index in [1.165, 1.54) is 4.88 Å². The van der Waals surface area contributed by atoms with Crippen molar-refractivity contribution in [3.63, 3.8) is 0 Å². The standard InChI is InChI=1S/C21H24ClNO3S/c1-3-10-26-21-18(22)12-15(13-19(21)25-2)6-9-20(24)23(16-7-8-16)14-17-5-4-11-27-17/h4-6,9,11-13,16H,3,7-8,10,14H2,1-2H3/b9-6+. The zero-order valence-corrected chi connectivity index (χ0v) is 17.2. The van der Waals surface area contributed by atoms with Gasteiger partial charge in [0.1, 0.15) is 0 Å². The summed E-state index contributed by atoms with van der Waals surface area (Å²) in [6.07, 6.45) is 6.44. The first-order chi connectivity index (χ1) is 13.1. The van der Waals surface area contributed by atoms with Gasteiger partial charge in [0.15, 0.2) is 11.5 Å². The highest BCUT2D eigenvalue weighted by atomic mass is 35.5. The van der Waals surface area contributed by atoms with Gasteiger partial charge in [0.2, 0.25) is 5.91 Å². The average molecular weight is 406 g/mol. The zero-order chi connectivity index (χ0) is 19.2. The number of benzene rings is 1. The van der Waals surface area contributed by atoms with Gasteiger partial charge in [-0.2, -0.15) is 0 Å². The van der Waals surface area contributed by atoms with Crippen molar-refractivity contribution >= 4 is 34.9 Å². The number of thiophene rings is 1. The highest BCUT2D eigenvalue weighted by molar-refractivity contribution is 7.09. The van der Waals surface area contributed by atoms with Gasteiger partial charge < -0.3 is 14.4 Å². The smallest absolute Gasteiger partial charge is 0.247 e. The topological polar surface area (TPSA) is 38.8 Å². The molecular weight excluding hydrogens is 382 g/mol. The number of carbonyl (C=O) groups excluding carboxylic acids is 1. The summed E-state index contributed by atoms with van der Waals surface area (Å²) in [4.78, 5) is 15.9. The summed E-state index contributed by atoms with van der Waals surface area (Å²) in [6.45, 7) is 3.27. The van der Waals surface area contributed by atoms with E-state index in [0.29, 0.717) is 35.7 Å².